The van der Waals surface area contributed by atoms with E-state index < -0.39 is 5.38 Å². The highest BCUT2D eigenvalue weighted by Gasteiger charge is 2.29. The van der Waals surface area contributed by atoms with E-state index in [1.54, 1.807) is 7.11 Å². The zero-order valence-corrected chi connectivity index (χ0v) is 12.0. The van der Waals surface area contributed by atoms with E-state index in [0.717, 1.165) is 29.2 Å². The fourth-order valence-electron chi connectivity index (χ4n) is 2.35. The van der Waals surface area contributed by atoms with E-state index >= 15 is 0 Å². The normalized spacial score (nSPS) is 15.9. The lowest BCUT2D eigenvalue weighted by Gasteiger charge is -2.16. The van der Waals surface area contributed by atoms with Crippen molar-refractivity contribution in [1.82, 2.24) is 5.32 Å². The molecule has 20 heavy (non-hydrogen) atoms. The highest BCUT2D eigenvalue weighted by Crippen LogP contribution is 2.37. The van der Waals surface area contributed by atoms with Crippen LogP contribution in [0, 0.1) is 0 Å². The van der Waals surface area contributed by atoms with E-state index in [1.807, 2.05) is 36.4 Å². The number of hydrogen-bond donors (Lipinski definition) is 1. The maximum absolute atomic E-state index is 12.2. The summed E-state index contributed by atoms with van der Waals surface area (Å²) < 4.78 is 5.38. The third-order valence-corrected chi connectivity index (χ3v) is 3.97. The van der Waals surface area contributed by atoms with Crippen molar-refractivity contribution in [2.45, 2.75) is 24.3 Å². The molecule has 0 bridgehead atoms. The first kappa shape index (κ1) is 13.3. The summed E-state index contributed by atoms with van der Waals surface area (Å²) in [6, 6.07) is 12.0. The molecule has 1 saturated carbocycles. The Labute approximate surface area is 122 Å². The van der Waals surface area contributed by atoms with E-state index in [0.29, 0.717) is 11.8 Å². The summed E-state index contributed by atoms with van der Waals surface area (Å²) in [5, 5.41) is 4.21. The van der Waals surface area contributed by atoms with Crippen LogP contribution in [0.2, 0.25) is 0 Å². The monoisotopic (exact) mass is 289 g/mol. The van der Waals surface area contributed by atoms with Crippen LogP contribution in [0.1, 0.15) is 23.8 Å². The molecule has 0 aliphatic heterocycles. The second-order valence-electron chi connectivity index (χ2n) is 5.05. The molecule has 2 aromatic carbocycles. The minimum Gasteiger partial charge on any atom is -0.496 e. The number of fused-ring (bicyclic) bond motifs is 1. The lowest BCUT2D eigenvalue weighted by Crippen LogP contribution is -2.29. The van der Waals surface area contributed by atoms with Crippen LogP contribution in [0.3, 0.4) is 0 Å². The Morgan fingerprint density at radius 3 is 2.75 bits per heavy atom. The van der Waals surface area contributed by atoms with Gasteiger partial charge in [-0.2, -0.15) is 0 Å². The summed E-state index contributed by atoms with van der Waals surface area (Å²) in [7, 11) is 1.59. The van der Waals surface area contributed by atoms with Crippen molar-refractivity contribution >= 4 is 28.3 Å². The average Bonchev–Trinajstić information content (AvgIpc) is 3.29. The van der Waals surface area contributed by atoms with Gasteiger partial charge in [-0.1, -0.05) is 30.3 Å². The molecule has 2 aromatic rings. The summed E-state index contributed by atoms with van der Waals surface area (Å²) in [5.41, 5.74) is 0.741. The van der Waals surface area contributed by atoms with Gasteiger partial charge in [-0.05, 0) is 29.7 Å². The minimum absolute atomic E-state index is 0.149. The molecule has 0 heterocycles. The first-order valence-electron chi connectivity index (χ1n) is 6.71. The molecular weight excluding hydrogens is 274 g/mol. The van der Waals surface area contributed by atoms with Gasteiger partial charge < -0.3 is 10.1 Å². The second-order valence-corrected chi connectivity index (χ2v) is 5.48. The number of carbonyl (C=O) groups is 1. The molecule has 1 unspecified atom stereocenters. The van der Waals surface area contributed by atoms with Crippen LogP contribution in [0.5, 0.6) is 5.75 Å². The summed E-state index contributed by atoms with van der Waals surface area (Å²) in [5.74, 6) is 0.499. The van der Waals surface area contributed by atoms with Gasteiger partial charge in [0.25, 0.3) is 0 Å². The number of benzene rings is 2. The van der Waals surface area contributed by atoms with E-state index in [-0.39, 0.29) is 5.91 Å². The molecule has 1 aliphatic rings. The molecule has 3 rings (SSSR count). The lowest BCUT2D eigenvalue weighted by atomic mass is 10.0. The number of carbonyl (C=O) groups excluding carboxylic acids is 1. The van der Waals surface area contributed by atoms with Crippen LogP contribution in [-0.2, 0) is 4.79 Å². The van der Waals surface area contributed by atoms with Crippen LogP contribution in [0.25, 0.3) is 10.8 Å². The number of amides is 1. The van der Waals surface area contributed by atoms with Gasteiger partial charge in [0.1, 0.15) is 11.1 Å². The van der Waals surface area contributed by atoms with Crippen molar-refractivity contribution < 1.29 is 9.53 Å². The third kappa shape index (κ3) is 2.46. The van der Waals surface area contributed by atoms with Gasteiger partial charge in [0.05, 0.1) is 7.11 Å². The van der Waals surface area contributed by atoms with Crippen LogP contribution in [0.15, 0.2) is 36.4 Å². The van der Waals surface area contributed by atoms with Crippen LogP contribution in [0.4, 0.5) is 0 Å². The largest absolute Gasteiger partial charge is 0.496 e. The molecule has 0 aromatic heterocycles. The maximum Gasteiger partial charge on any atom is 0.242 e. The molecule has 1 N–H and O–H groups in total. The molecule has 1 aliphatic carbocycles. The molecule has 0 spiro atoms. The summed E-state index contributed by atoms with van der Waals surface area (Å²) in [4.78, 5) is 12.2. The van der Waals surface area contributed by atoms with Crippen molar-refractivity contribution in [3.8, 4) is 5.75 Å². The average molecular weight is 290 g/mol. The van der Waals surface area contributed by atoms with Crippen LogP contribution >= 0.6 is 11.6 Å². The van der Waals surface area contributed by atoms with Crippen molar-refractivity contribution in [3.05, 3.63) is 42.0 Å². The number of halogens is 1. The Morgan fingerprint density at radius 2 is 2.05 bits per heavy atom. The highest BCUT2D eigenvalue weighted by atomic mass is 35.5. The van der Waals surface area contributed by atoms with Gasteiger partial charge in [0.15, 0.2) is 0 Å². The number of rotatable bonds is 4. The fourth-order valence-corrected chi connectivity index (χ4v) is 2.64. The van der Waals surface area contributed by atoms with E-state index in [2.05, 4.69) is 5.32 Å². The molecule has 0 radical (unpaired) electrons. The predicted octanol–water partition coefficient (Wildman–Crippen LogP) is 3.41. The Kier molecular flexibility index (Phi) is 3.53. The van der Waals surface area contributed by atoms with Gasteiger partial charge in [-0.15, -0.1) is 11.6 Å². The zero-order valence-electron chi connectivity index (χ0n) is 11.2. The Balaban J connectivity index is 2.04. The first-order chi connectivity index (χ1) is 9.70. The van der Waals surface area contributed by atoms with Gasteiger partial charge in [-0.25, -0.2) is 0 Å². The van der Waals surface area contributed by atoms with Crippen molar-refractivity contribution in [1.29, 1.82) is 0 Å². The fraction of sp³-hybridized carbons (Fsp3) is 0.312. The van der Waals surface area contributed by atoms with E-state index in [9.17, 15) is 4.79 Å². The van der Waals surface area contributed by atoms with Gasteiger partial charge >= 0.3 is 0 Å². The zero-order chi connectivity index (χ0) is 14.1. The molecular formula is C16H16ClNO2. The van der Waals surface area contributed by atoms with Crippen LogP contribution < -0.4 is 10.1 Å². The standard InChI is InChI=1S/C16H16ClNO2/c1-20-13-9-6-10-4-2-3-5-12(10)14(13)15(17)16(19)18-11-7-8-11/h2-6,9,11,15H,7-8H2,1H3,(H,18,19). The number of alkyl halides is 1. The molecule has 1 amide bonds. The van der Waals surface area contributed by atoms with Crippen LogP contribution in [-0.4, -0.2) is 19.1 Å². The van der Waals surface area contributed by atoms with Gasteiger partial charge in [0.2, 0.25) is 5.91 Å². The van der Waals surface area contributed by atoms with Crippen molar-refractivity contribution in [3.63, 3.8) is 0 Å². The minimum atomic E-state index is -0.739. The lowest BCUT2D eigenvalue weighted by molar-refractivity contribution is -0.121. The first-order valence-corrected chi connectivity index (χ1v) is 7.14. The molecule has 0 saturated heterocycles. The molecule has 3 nitrogen and oxygen atoms in total. The van der Waals surface area contributed by atoms with Gasteiger partial charge in [-0.3, -0.25) is 4.79 Å². The number of hydrogen-bond acceptors (Lipinski definition) is 2. The molecule has 1 fully saturated rings. The van der Waals surface area contributed by atoms with E-state index in [4.69, 9.17) is 16.3 Å². The Hall–Kier alpha value is -1.74. The van der Waals surface area contributed by atoms with Crippen molar-refractivity contribution in [2.75, 3.05) is 7.11 Å². The third-order valence-electron chi connectivity index (χ3n) is 3.56. The smallest absolute Gasteiger partial charge is 0.242 e. The molecule has 4 heteroatoms. The second kappa shape index (κ2) is 5.33. The number of ether oxygens (including phenoxy) is 1. The predicted molar refractivity (Wildman–Crippen MR) is 80.3 cm³/mol. The van der Waals surface area contributed by atoms with Crippen molar-refractivity contribution in [2.24, 2.45) is 0 Å². The molecule has 1 atom stereocenters. The highest BCUT2D eigenvalue weighted by molar-refractivity contribution is 6.32. The summed E-state index contributed by atoms with van der Waals surface area (Å²) in [6.45, 7) is 0. The van der Waals surface area contributed by atoms with Gasteiger partial charge in [0, 0.05) is 11.6 Å². The topological polar surface area (TPSA) is 38.3 Å². The Bertz CT molecular complexity index is 652. The Morgan fingerprint density at radius 1 is 1.30 bits per heavy atom. The quantitative estimate of drug-likeness (QED) is 0.876. The number of nitrogens with one attached hydrogen (secondary N) is 1. The SMILES string of the molecule is COc1ccc2ccccc2c1C(Cl)C(=O)NC1CC1. The summed E-state index contributed by atoms with van der Waals surface area (Å²) >= 11 is 6.40. The molecule has 104 valence electrons. The number of methoxy groups -OCH3 is 1. The summed E-state index contributed by atoms with van der Waals surface area (Å²) in [6.07, 6.45) is 2.09. The maximum atomic E-state index is 12.2. The van der Waals surface area contributed by atoms with E-state index in [1.165, 1.54) is 0 Å².